The van der Waals surface area contributed by atoms with E-state index in [2.05, 4.69) is 21.0 Å². The van der Waals surface area contributed by atoms with Crippen LogP contribution in [0.15, 0.2) is 10.7 Å². The molecule has 0 aliphatic heterocycles. The topological polar surface area (TPSA) is 17.8 Å². The van der Waals surface area contributed by atoms with E-state index in [9.17, 15) is 0 Å². The highest BCUT2D eigenvalue weighted by atomic mass is 79.9. The highest BCUT2D eigenvalue weighted by Gasteiger charge is 1.98. The van der Waals surface area contributed by atoms with Crippen molar-refractivity contribution >= 4 is 27.5 Å². The number of hydrogen-bond donors (Lipinski definition) is 0. The molecule has 0 saturated carbocycles. The van der Waals surface area contributed by atoms with Crippen molar-refractivity contribution in [2.45, 2.75) is 0 Å². The molecule has 44 valence electrons. The summed E-state index contributed by atoms with van der Waals surface area (Å²) >= 11 is 8.63. The molecule has 0 fully saturated rings. The Kier molecular flexibility index (Phi) is 0.835. The Labute approximate surface area is 64.8 Å². The third kappa shape index (κ3) is 0.880. The molecular weight excluding hydrogens is 191 g/mol. The highest BCUT2D eigenvalue weighted by Crippen LogP contribution is 2.19. The number of nitrogens with zero attached hydrogens (tertiary/aromatic N) is 2. The highest BCUT2D eigenvalue weighted by molar-refractivity contribution is 9.10. The van der Waals surface area contributed by atoms with Gasteiger partial charge in [-0.2, -0.15) is 5.10 Å². The molecule has 0 atom stereocenters. The summed E-state index contributed by atoms with van der Waals surface area (Å²) in [6, 6.07) is 0. The third-order valence-corrected chi connectivity index (χ3v) is 1.84. The predicted octanol–water partition coefficient (Wildman–Crippen LogP) is 1.84. The Morgan fingerprint density at radius 1 is 2.12 bits per heavy atom. The quantitative estimate of drug-likeness (QED) is 0.622. The summed E-state index contributed by atoms with van der Waals surface area (Å²) in [6.07, 6.45) is 1.34. The molecule has 0 unspecified atom stereocenters. The number of aromatic nitrogens is 2. The van der Waals surface area contributed by atoms with Gasteiger partial charge in [0.25, 0.3) is 0 Å². The first-order valence-electron chi connectivity index (χ1n) is 3.32. The Balaban J connectivity index is 3.15. The molecule has 0 radical (unpaired) electrons. The number of rotatable bonds is 0. The summed E-state index contributed by atoms with van der Waals surface area (Å²) in [6.45, 7) is -2.30. The minimum atomic E-state index is -2.30. The summed E-state index contributed by atoms with van der Waals surface area (Å²) in [5.41, 5.74) is 0. The summed E-state index contributed by atoms with van der Waals surface area (Å²) in [4.78, 5) is 0. The van der Waals surface area contributed by atoms with Crippen molar-refractivity contribution in [3.63, 3.8) is 0 Å². The Hall–Kier alpha value is -0.0200. The van der Waals surface area contributed by atoms with E-state index >= 15 is 0 Å². The van der Waals surface area contributed by atoms with Gasteiger partial charge in [-0.1, -0.05) is 11.6 Å². The second-order valence-electron chi connectivity index (χ2n) is 1.20. The SMILES string of the molecule is [2H]C([2H])([2H])n1ncc(Br)c1Cl. The molecule has 0 aliphatic carbocycles. The first-order chi connectivity index (χ1) is 4.93. The maximum atomic E-state index is 6.96. The zero-order chi connectivity index (χ0) is 8.65. The standard InChI is InChI=1S/C4H4BrClN2/c1-8-4(6)3(5)2-7-8/h2H,1H3/i1D3. The van der Waals surface area contributed by atoms with E-state index in [0.29, 0.717) is 4.47 Å². The van der Waals surface area contributed by atoms with Crippen molar-refractivity contribution < 1.29 is 4.11 Å². The second-order valence-corrected chi connectivity index (χ2v) is 2.41. The van der Waals surface area contributed by atoms with Crippen LogP contribution in [0.25, 0.3) is 0 Å². The van der Waals surface area contributed by atoms with Crippen LogP contribution >= 0.6 is 27.5 Å². The molecule has 1 aromatic heterocycles. The maximum Gasteiger partial charge on any atom is 0.140 e. The maximum absolute atomic E-state index is 6.96. The van der Waals surface area contributed by atoms with Gasteiger partial charge in [0, 0.05) is 11.1 Å². The predicted molar refractivity (Wildman–Crippen MR) is 35.9 cm³/mol. The molecule has 0 aliphatic rings. The molecule has 1 rings (SSSR count). The lowest BCUT2D eigenvalue weighted by atomic mass is 10.7. The van der Waals surface area contributed by atoms with Crippen LogP contribution in [-0.4, -0.2) is 9.78 Å². The largest absolute Gasteiger partial charge is 0.256 e. The summed E-state index contributed by atoms with van der Waals surface area (Å²) < 4.78 is 22.1. The molecule has 0 aromatic carbocycles. The van der Waals surface area contributed by atoms with Gasteiger partial charge in [0.1, 0.15) is 5.15 Å². The van der Waals surface area contributed by atoms with Gasteiger partial charge in [0.05, 0.1) is 10.7 Å². The van der Waals surface area contributed by atoms with E-state index < -0.39 is 6.98 Å². The molecule has 0 spiro atoms. The van der Waals surface area contributed by atoms with Crippen molar-refractivity contribution in [3.05, 3.63) is 15.8 Å². The van der Waals surface area contributed by atoms with Gasteiger partial charge in [0.2, 0.25) is 0 Å². The van der Waals surface area contributed by atoms with Crippen molar-refractivity contribution in [3.8, 4) is 0 Å². The van der Waals surface area contributed by atoms with E-state index in [1.807, 2.05) is 0 Å². The van der Waals surface area contributed by atoms with Crippen LogP contribution in [-0.2, 0) is 6.98 Å². The number of halogens is 2. The van der Waals surface area contributed by atoms with Crippen molar-refractivity contribution in [1.82, 2.24) is 9.78 Å². The minimum absolute atomic E-state index is 0.0880. The van der Waals surface area contributed by atoms with E-state index in [1.165, 1.54) is 6.20 Å². The first-order valence-corrected chi connectivity index (χ1v) is 2.99. The normalized spacial score (nSPS) is 17.0. The fourth-order valence-corrected chi connectivity index (χ4v) is 0.666. The molecule has 8 heavy (non-hydrogen) atoms. The van der Waals surface area contributed by atoms with Crippen LogP contribution < -0.4 is 0 Å². The van der Waals surface area contributed by atoms with Crippen LogP contribution in [0.1, 0.15) is 4.11 Å². The van der Waals surface area contributed by atoms with E-state index in [4.69, 9.17) is 15.7 Å². The Morgan fingerprint density at radius 2 is 2.88 bits per heavy atom. The van der Waals surface area contributed by atoms with Crippen molar-refractivity contribution in [2.75, 3.05) is 0 Å². The smallest absolute Gasteiger partial charge is 0.140 e. The fraction of sp³-hybridized carbons (Fsp3) is 0.250. The summed E-state index contributed by atoms with van der Waals surface area (Å²) in [5, 5.41) is 3.65. The molecule has 1 heterocycles. The molecule has 4 heteroatoms. The van der Waals surface area contributed by atoms with Gasteiger partial charge in [-0.25, -0.2) is 0 Å². The van der Waals surface area contributed by atoms with Crippen LogP contribution in [0.5, 0.6) is 0 Å². The molecular formula is C4H4BrClN2. The Bertz CT molecular complexity index is 269. The van der Waals surface area contributed by atoms with E-state index in [1.54, 1.807) is 0 Å². The van der Waals surface area contributed by atoms with Crippen LogP contribution in [0.3, 0.4) is 0 Å². The van der Waals surface area contributed by atoms with E-state index in [-0.39, 0.29) is 5.15 Å². The molecule has 0 bridgehead atoms. The molecule has 0 amide bonds. The lowest BCUT2D eigenvalue weighted by molar-refractivity contribution is 0.768. The second kappa shape index (κ2) is 2.07. The van der Waals surface area contributed by atoms with Crippen LogP contribution in [0.4, 0.5) is 0 Å². The molecule has 2 nitrogen and oxygen atoms in total. The third-order valence-electron chi connectivity index (χ3n) is 0.670. The zero-order valence-electron chi connectivity index (χ0n) is 6.73. The van der Waals surface area contributed by atoms with Gasteiger partial charge >= 0.3 is 0 Å². The summed E-state index contributed by atoms with van der Waals surface area (Å²) in [5.74, 6) is 0. The van der Waals surface area contributed by atoms with Crippen molar-refractivity contribution in [1.29, 1.82) is 0 Å². The number of hydrogen-bond acceptors (Lipinski definition) is 1. The first kappa shape index (κ1) is 3.22. The van der Waals surface area contributed by atoms with E-state index in [0.717, 1.165) is 4.68 Å². The van der Waals surface area contributed by atoms with Gasteiger partial charge < -0.3 is 0 Å². The average Bonchev–Trinajstić information content (AvgIpc) is 2.11. The van der Waals surface area contributed by atoms with Gasteiger partial charge in [-0.05, 0) is 15.9 Å². The Morgan fingerprint density at radius 3 is 3.12 bits per heavy atom. The van der Waals surface area contributed by atoms with Crippen LogP contribution in [0.2, 0.25) is 5.15 Å². The average molecular weight is 198 g/mol. The van der Waals surface area contributed by atoms with Crippen molar-refractivity contribution in [2.24, 2.45) is 6.98 Å². The molecule has 0 N–H and O–H groups in total. The number of aryl methyl sites for hydroxylation is 1. The van der Waals surface area contributed by atoms with Gasteiger partial charge in [-0.3, -0.25) is 4.68 Å². The minimum Gasteiger partial charge on any atom is -0.256 e. The molecule has 1 aromatic rings. The monoisotopic (exact) mass is 197 g/mol. The fourth-order valence-electron chi connectivity index (χ4n) is 0.314. The summed E-state index contributed by atoms with van der Waals surface area (Å²) in [7, 11) is 0. The zero-order valence-corrected chi connectivity index (χ0v) is 6.07. The van der Waals surface area contributed by atoms with Gasteiger partial charge in [0.15, 0.2) is 0 Å². The van der Waals surface area contributed by atoms with Crippen LogP contribution in [0, 0.1) is 0 Å². The lowest BCUT2D eigenvalue weighted by Gasteiger charge is -1.86. The molecule has 0 saturated heterocycles. The lowest BCUT2D eigenvalue weighted by Crippen LogP contribution is -1.87. The van der Waals surface area contributed by atoms with Gasteiger partial charge in [-0.15, -0.1) is 0 Å².